The van der Waals surface area contributed by atoms with Crippen molar-refractivity contribution in [2.24, 2.45) is 11.7 Å². The number of piperidine rings is 1. The first-order chi connectivity index (χ1) is 8.28. The standard InChI is InChI=1S/C13H23N3O/c1-11-2-3-13(17-11)15-10-12-4-7-16(8-5-12)9-6-14/h2-3,12,15H,4-10,14H2,1H3. The number of nitrogens with zero attached hydrogens (tertiary/aromatic N) is 1. The molecule has 1 fully saturated rings. The van der Waals surface area contributed by atoms with E-state index in [-0.39, 0.29) is 0 Å². The van der Waals surface area contributed by atoms with Crippen LogP contribution >= 0.6 is 0 Å². The number of nitrogens with two attached hydrogens (primary N) is 1. The summed E-state index contributed by atoms with van der Waals surface area (Å²) in [6.07, 6.45) is 2.51. The average molecular weight is 237 g/mol. The minimum absolute atomic E-state index is 0.759. The lowest BCUT2D eigenvalue weighted by atomic mass is 9.97. The zero-order valence-electron chi connectivity index (χ0n) is 10.6. The van der Waals surface area contributed by atoms with Crippen LogP contribution in [0.4, 0.5) is 5.88 Å². The molecular formula is C13H23N3O. The maximum Gasteiger partial charge on any atom is 0.193 e. The van der Waals surface area contributed by atoms with Gasteiger partial charge in [0.15, 0.2) is 5.88 Å². The first-order valence-corrected chi connectivity index (χ1v) is 6.50. The summed E-state index contributed by atoms with van der Waals surface area (Å²) < 4.78 is 5.50. The Morgan fingerprint density at radius 2 is 2.18 bits per heavy atom. The molecule has 2 rings (SSSR count). The monoisotopic (exact) mass is 237 g/mol. The van der Waals surface area contributed by atoms with Gasteiger partial charge in [0.25, 0.3) is 0 Å². The highest BCUT2D eigenvalue weighted by Gasteiger charge is 2.18. The Bertz CT molecular complexity index is 329. The molecule has 0 unspecified atom stereocenters. The minimum atomic E-state index is 0.759. The summed E-state index contributed by atoms with van der Waals surface area (Å²) in [5, 5.41) is 3.37. The minimum Gasteiger partial charge on any atom is -0.446 e. The van der Waals surface area contributed by atoms with Crippen LogP contribution in [0.5, 0.6) is 0 Å². The Morgan fingerprint density at radius 1 is 1.41 bits per heavy atom. The van der Waals surface area contributed by atoms with Crippen LogP contribution in [0.2, 0.25) is 0 Å². The summed E-state index contributed by atoms with van der Waals surface area (Å²) in [7, 11) is 0. The molecule has 0 bridgehead atoms. The number of hydrogen-bond donors (Lipinski definition) is 2. The lowest BCUT2D eigenvalue weighted by Gasteiger charge is -2.31. The summed E-state index contributed by atoms with van der Waals surface area (Å²) in [6, 6.07) is 3.99. The van der Waals surface area contributed by atoms with Crippen molar-refractivity contribution in [2.75, 3.05) is 38.0 Å². The molecule has 0 aromatic carbocycles. The predicted octanol–water partition coefficient (Wildman–Crippen LogP) is 1.67. The maximum absolute atomic E-state index is 5.56. The van der Waals surface area contributed by atoms with Gasteiger partial charge in [-0.2, -0.15) is 0 Å². The summed E-state index contributed by atoms with van der Waals surface area (Å²) in [4.78, 5) is 2.45. The van der Waals surface area contributed by atoms with Crippen molar-refractivity contribution in [3.05, 3.63) is 17.9 Å². The number of furan rings is 1. The third-order valence-corrected chi connectivity index (χ3v) is 3.46. The van der Waals surface area contributed by atoms with Crippen molar-refractivity contribution in [2.45, 2.75) is 19.8 Å². The second-order valence-corrected chi connectivity index (χ2v) is 4.86. The fourth-order valence-electron chi connectivity index (χ4n) is 2.37. The van der Waals surface area contributed by atoms with Gasteiger partial charge in [-0.1, -0.05) is 0 Å². The van der Waals surface area contributed by atoms with Crippen molar-refractivity contribution < 1.29 is 4.42 Å². The van der Waals surface area contributed by atoms with Crippen LogP contribution in [-0.2, 0) is 0 Å². The molecule has 1 saturated heterocycles. The van der Waals surface area contributed by atoms with Crippen LogP contribution in [0, 0.1) is 12.8 Å². The van der Waals surface area contributed by atoms with Crippen LogP contribution in [-0.4, -0.2) is 37.6 Å². The Labute approximate surface area is 103 Å². The Hall–Kier alpha value is -1.00. The van der Waals surface area contributed by atoms with Crippen LogP contribution in [0.25, 0.3) is 0 Å². The second kappa shape index (κ2) is 6.07. The molecule has 2 heterocycles. The number of nitrogens with one attached hydrogen (secondary N) is 1. The maximum atomic E-state index is 5.56. The van der Waals surface area contributed by atoms with Crippen molar-refractivity contribution >= 4 is 5.88 Å². The predicted molar refractivity (Wildman–Crippen MR) is 70.2 cm³/mol. The summed E-state index contributed by atoms with van der Waals surface area (Å²) >= 11 is 0. The fraction of sp³-hybridized carbons (Fsp3) is 0.692. The third-order valence-electron chi connectivity index (χ3n) is 3.46. The molecule has 0 aliphatic carbocycles. The number of aryl methyl sites for hydroxylation is 1. The van der Waals surface area contributed by atoms with Gasteiger partial charge in [-0.05, 0) is 44.8 Å². The average Bonchev–Trinajstić information content (AvgIpc) is 2.75. The van der Waals surface area contributed by atoms with Crippen molar-refractivity contribution in [1.29, 1.82) is 0 Å². The quantitative estimate of drug-likeness (QED) is 0.818. The topological polar surface area (TPSA) is 54.4 Å². The molecule has 1 aromatic rings. The highest BCUT2D eigenvalue weighted by molar-refractivity contribution is 5.31. The second-order valence-electron chi connectivity index (χ2n) is 4.86. The summed E-state index contributed by atoms with van der Waals surface area (Å²) in [6.45, 7) is 7.16. The molecule has 17 heavy (non-hydrogen) atoms. The van der Waals surface area contributed by atoms with Crippen LogP contribution in [0.1, 0.15) is 18.6 Å². The molecule has 0 spiro atoms. The van der Waals surface area contributed by atoms with Crippen LogP contribution < -0.4 is 11.1 Å². The molecule has 0 saturated carbocycles. The van der Waals surface area contributed by atoms with Crippen molar-refractivity contribution in [1.82, 2.24) is 4.90 Å². The number of anilines is 1. The normalized spacial score (nSPS) is 18.5. The zero-order valence-corrected chi connectivity index (χ0v) is 10.6. The van der Waals surface area contributed by atoms with Gasteiger partial charge in [-0.25, -0.2) is 0 Å². The molecule has 1 aromatic heterocycles. The van der Waals surface area contributed by atoms with E-state index < -0.39 is 0 Å². The zero-order chi connectivity index (χ0) is 12.1. The van der Waals surface area contributed by atoms with Crippen LogP contribution in [0.3, 0.4) is 0 Å². The molecule has 1 aliphatic rings. The molecule has 0 radical (unpaired) electrons. The third kappa shape index (κ3) is 3.75. The molecule has 0 amide bonds. The first kappa shape index (κ1) is 12.5. The van der Waals surface area contributed by atoms with E-state index in [0.29, 0.717) is 0 Å². The SMILES string of the molecule is Cc1ccc(NCC2CCN(CCN)CC2)o1. The first-order valence-electron chi connectivity index (χ1n) is 6.50. The van der Waals surface area contributed by atoms with Gasteiger partial charge < -0.3 is 20.4 Å². The molecule has 1 aliphatic heterocycles. The van der Waals surface area contributed by atoms with E-state index in [9.17, 15) is 0 Å². The Balaban J connectivity index is 1.68. The number of likely N-dealkylation sites (tertiary alicyclic amines) is 1. The van der Waals surface area contributed by atoms with E-state index in [2.05, 4.69) is 10.2 Å². The highest BCUT2D eigenvalue weighted by atomic mass is 16.4. The Morgan fingerprint density at radius 3 is 2.76 bits per heavy atom. The van der Waals surface area contributed by atoms with Gasteiger partial charge in [0.05, 0.1) is 0 Å². The van der Waals surface area contributed by atoms with E-state index >= 15 is 0 Å². The summed E-state index contributed by atoms with van der Waals surface area (Å²) in [5.41, 5.74) is 5.56. The largest absolute Gasteiger partial charge is 0.446 e. The van der Waals surface area contributed by atoms with Gasteiger partial charge in [-0.15, -0.1) is 0 Å². The van der Waals surface area contributed by atoms with Gasteiger partial charge in [0, 0.05) is 25.7 Å². The van der Waals surface area contributed by atoms with Gasteiger partial charge >= 0.3 is 0 Å². The van der Waals surface area contributed by atoms with Gasteiger partial charge in [0.1, 0.15) is 5.76 Å². The van der Waals surface area contributed by atoms with E-state index in [1.165, 1.54) is 25.9 Å². The Kier molecular flexibility index (Phi) is 4.45. The van der Waals surface area contributed by atoms with E-state index in [4.69, 9.17) is 10.2 Å². The lowest BCUT2D eigenvalue weighted by Crippen LogP contribution is -2.38. The number of rotatable bonds is 5. The summed E-state index contributed by atoms with van der Waals surface area (Å²) in [5.74, 6) is 2.62. The van der Waals surface area contributed by atoms with Crippen molar-refractivity contribution in [3.8, 4) is 0 Å². The van der Waals surface area contributed by atoms with E-state index in [1.54, 1.807) is 0 Å². The van der Waals surface area contributed by atoms with Gasteiger partial charge in [-0.3, -0.25) is 0 Å². The molecule has 4 nitrogen and oxygen atoms in total. The van der Waals surface area contributed by atoms with Crippen LogP contribution in [0.15, 0.2) is 16.5 Å². The lowest BCUT2D eigenvalue weighted by molar-refractivity contribution is 0.194. The van der Waals surface area contributed by atoms with Crippen molar-refractivity contribution in [3.63, 3.8) is 0 Å². The fourth-order valence-corrected chi connectivity index (χ4v) is 2.37. The van der Waals surface area contributed by atoms with E-state index in [1.807, 2.05) is 19.1 Å². The van der Waals surface area contributed by atoms with E-state index in [0.717, 1.165) is 37.2 Å². The van der Waals surface area contributed by atoms with Gasteiger partial charge in [0.2, 0.25) is 0 Å². The molecule has 96 valence electrons. The number of hydrogen-bond acceptors (Lipinski definition) is 4. The molecule has 4 heteroatoms. The smallest absolute Gasteiger partial charge is 0.193 e. The molecular weight excluding hydrogens is 214 g/mol. The molecule has 3 N–H and O–H groups in total. The highest BCUT2D eigenvalue weighted by Crippen LogP contribution is 2.19. The molecule has 0 atom stereocenters.